The van der Waals surface area contributed by atoms with E-state index in [1.54, 1.807) is 4.90 Å². The van der Waals surface area contributed by atoms with Gasteiger partial charge in [-0.3, -0.25) is 9.80 Å². The lowest BCUT2D eigenvalue weighted by molar-refractivity contribution is 0.0218. The summed E-state index contributed by atoms with van der Waals surface area (Å²) in [7, 11) is 0. The molecule has 2 aliphatic heterocycles. The van der Waals surface area contributed by atoms with Gasteiger partial charge in [0.2, 0.25) is 0 Å². The van der Waals surface area contributed by atoms with Crippen LogP contribution in [0.5, 0.6) is 0 Å². The summed E-state index contributed by atoms with van der Waals surface area (Å²) in [6, 6.07) is 24.7. The number of rotatable bonds is 6. The lowest BCUT2D eigenvalue weighted by Gasteiger charge is -2.27. The maximum absolute atomic E-state index is 13.0. The Morgan fingerprint density at radius 3 is 2.23 bits per heavy atom. The average molecular weight is 699 g/mol. The van der Waals surface area contributed by atoms with E-state index in [1.165, 1.54) is 5.56 Å². The molecule has 0 unspecified atom stereocenters. The molecule has 2 fully saturated rings. The van der Waals surface area contributed by atoms with Crippen LogP contribution in [0.2, 0.25) is 0 Å². The molecule has 4 heterocycles. The van der Waals surface area contributed by atoms with E-state index < -0.39 is 5.60 Å². The number of nitrogens with one attached hydrogen (secondary N) is 2. The number of amides is 2. The second-order valence-corrected chi connectivity index (χ2v) is 15.2. The van der Waals surface area contributed by atoms with Crippen LogP contribution in [0.25, 0.3) is 33.6 Å². The summed E-state index contributed by atoms with van der Waals surface area (Å²) in [6.45, 7) is 7.29. The molecule has 10 heteroatoms. The van der Waals surface area contributed by atoms with E-state index in [0.29, 0.717) is 13.1 Å². The summed E-state index contributed by atoms with van der Waals surface area (Å²) < 4.78 is 11.4. The predicted octanol–water partition coefficient (Wildman–Crippen LogP) is 9.17. The third kappa shape index (κ3) is 6.94. The molecule has 8 rings (SSSR count). The summed E-state index contributed by atoms with van der Waals surface area (Å²) >= 11 is 0. The van der Waals surface area contributed by atoms with Gasteiger partial charge in [0.25, 0.3) is 0 Å². The minimum Gasteiger partial charge on any atom is -0.445 e. The van der Waals surface area contributed by atoms with Crippen molar-refractivity contribution in [2.75, 3.05) is 13.1 Å². The number of H-pyrrole nitrogens is 2. The number of aryl methyl sites for hydroxylation is 2. The molecule has 5 aromatic rings. The van der Waals surface area contributed by atoms with E-state index in [9.17, 15) is 9.59 Å². The first-order valence-electron chi connectivity index (χ1n) is 18.5. The van der Waals surface area contributed by atoms with Gasteiger partial charge < -0.3 is 19.4 Å². The molecule has 0 bridgehead atoms. The van der Waals surface area contributed by atoms with Crippen molar-refractivity contribution in [3.63, 3.8) is 0 Å². The van der Waals surface area contributed by atoms with Crippen LogP contribution in [-0.4, -0.2) is 60.6 Å². The number of hydrogen-bond acceptors (Lipinski definition) is 6. The number of fused-ring (bicyclic) bond motifs is 3. The van der Waals surface area contributed by atoms with E-state index in [1.807, 2.05) is 62.2 Å². The van der Waals surface area contributed by atoms with Gasteiger partial charge >= 0.3 is 12.2 Å². The molecule has 3 aliphatic rings. The van der Waals surface area contributed by atoms with Gasteiger partial charge in [0, 0.05) is 24.3 Å². The molecule has 2 saturated heterocycles. The van der Waals surface area contributed by atoms with Gasteiger partial charge in [0.1, 0.15) is 23.9 Å². The molecule has 10 nitrogen and oxygen atoms in total. The second kappa shape index (κ2) is 14.0. The van der Waals surface area contributed by atoms with Crippen molar-refractivity contribution < 1.29 is 19.1 Å². The van der Waals surface area contributed by atoms with Crippen LogP contribution in [0.4, 0.5) is 9.59 Å². The zero-order valence-corrected chi connectivity index (χ0v) is 30.2. The fraction of sp³-hybridized carbons (Fsp3) is 0.381. The topological polar surface area (TPSA) is 116 Å². The van der Waals surface area contributed by atoms with Crippen molar-refractivity contribution in [3.05, 3.63) is 107 Å². The largest absolute Gasteiger partial charge is 0.445 e. The highest BCUT2D eigenvalue weighted by molar-refractivity contribution is 5.76. The number of imidazole rings is 2. The Balaban J connectivity index is 0.960. The average Bonchev–Trinajstić information content (AvgIpc) is 3.96. The molecule has 2 atom stereocenters. The molecular formula is C42H46N6O4. The van der Waals surface area contributed by atoms with Gasteiger partial charge in [-0.05, 0) is 93.5 Å². The first kappa shape index (κ1) is 33.7. The minimum atomic E-state index is -0.538. The Hall–Kier alpha value is -5.38. The monoisotopic (exact) mass is 698 g/mol. The molecule has 0 spiro atoms. The van der Waals surface area contributed by atoms with E-state index in [2.05, 4.69) is 52.4 Å². The second-order valence-electron chi connectivity index (χ2n) is 15.2. The summed E-state index contributed by atoms with van der Waals surface area (Å²) in [6.07, 6.45) is 7.74. The standard InChI is InChI=1S/C42H46N6O4/c1-42(2,3)52-41(50)48-23-9-15-36(48)39-44-33-13-7-12-31-24-30(20-21-32(31)37(33)46-39)28-16-18-29(19-17-28)34-25-43-38(45-34)35-14-8-22-47(35)40(49)51-26-27-10-5-4-6-11-27/h4-6,10-11,16-21,24-25,35-36H,7-9,12-15,22-23,26H2,1-3H3,(H,43,45)(H,44,46)/t35-,36-/m0/s1. The Kier molecular flexibility index (Phi) is 9.07. The molecule has 0 radical (unpaired) electrons. The predicted molar refractivity (Wildman–Crippen MR) is 199 cm³/mol. The van der Waals surface area contributed by atoms with Gasteiger partial charge in [-0.25, -0.2) is 19.6 Å². The zero-order chi connectivity index (χ0) is 35.8. The fourth-order valence-corrected chi connectivity index (χ4v) is 7.81. The molecule has 0 saturated carbocycles. The third-order valence-electron chi connectivity index (χ3n) is 10.4. The van der Waals surface area contributed by atoms with E-state index in [4.69, 9.17) is 19.4 Å². The number of ether oxygens (including phenoxy) is 2. The van der Waals surface area contributed by atoms with Gasteiger partial charge in [-0.1, -0.05) is 72.8 Å². The van der Waals surface area contributed by atoms with E-state index in [0.717, 1.165) is 101 Å². The van der Waals surface area contributed by atoms with Gasteiger partial charge in [-0.15, -0.1) is 0 Å². The van der Waals surface area contributed by atoms with Crippen LogP contribution < -0.4 is 0 Å². The van der Waals surface area contributed by atoms with Crippen LogP contribution in [0, 0.1) is 0 Å². The van der Waals surface area contributed by atoms with Crippen LogP contribution in [0.1, 0.15) is 93.4 Å². The Labute approximate surface area is 304 Å². The summed E-state index contributed by atoms with van der Waals surface area (Å²) in [5.41, 5.74) is 9.28. The van der Waals surface area contributed by atoms with Crippen molar-refractivity contribution in [3.8, 4) is 33.6 Å². The number of hydrogen-bond donors (Lipinski definition) is 2. The number of benzene rings is 3. The maximum atomic E-state index is 13.0. The summed E-state index contributed by atoms with van der Waals surface area (Å²) in [5.74, 6) is 1.64. The van der Waals surface area contributed by atoms with Gasteiger partial charge in [-0.2, -0.15) is 0 Å². The summed E-state index contributed by atoms with van der Waals surface area (Å²) in [5, 5.41) is 0. The van der Waals surface area contributed by atoms with Gasteiger partial charge in [0.05, 0.1) is 29.7 Å². The minimum absolute atomic E-state index is 0.104. The van der Waals surface area contributed by atoms with Crippen molar-refractivity contribution in [2.45, 2.75) is 90.0 Å². The quantitative estimate of drug-likeness (QED) is 0.183. The van der Waals surface area contributed by atoms with Crippen molar-refractivity contribution >= 4 is 12.2 Å². The van der Waals surface area contributed by atoms with Crippen molar-refractivity contribution in [1.29, 1.82) is 0 Å². The van der Waals surface area contributed by atoms with Crippen LogP contribution in [0.3, 0.4) is 0 Å². The van der Waals surface area contributed by atoms with Crippen molar-refractivity contribution in [1.82, 2.24) is 29.7 Å². The smallest absolute Gasteiger partial charge is 0.410 e. The molecule has 268 valence electrons. The Morgan fingerprint density at radius 1 is 0.788 bits per heavy atom. The van der Waals surface area contributed by atoms with Crippen LogP contribution >= 0.6 is 0 Å². The molecule has 2 N–H and O–H groups in total. The first-order chi connectivity index (χ1) is 25.2. The number of aromatic amines is 2. The van der Waals surface area contributed by atoms with E-state index in [-0.39, 0.29) is 30.9 Å². The molecule has 3 aromatic carbocycles. The zero-order valence-electron chi connectivity index (χ0n) is 30.2. The highest BCUT2D eigenvalue weighted by Gasteiger charge is 2.36. The Bertz CT molecular complexity index is 2060. The van der Waals surface area contributed by atoms with Crippen LogP contribution in [-0.2, 0) is 28.9 Å². The highest BCUT2D eigenvalue weighted by Crippen LogP contribution is 2.39. The number of carbonyl (C=O) groups excluding carboxylic acids is 2. The maximum Gasteiger partial charge on any atom is 0.410 e. The molecule has 2 aromatic heterocycles. The molecular weight excluding hydrogens is 652 g/mol. The number of nitrogens with zero attached hydrogens (tertiary/aromatic N) is 4. The lowest BCUT2D eigenvalue weighted by Crippen LogP contribution is -2.36. The molecule has 1 aliphatic carbocycles. The normalized spacial score (nSPS) is 18.5. The van der Waals surface area contributed by atoms with Gasteiger partial charge in [0.15, 0.2) is 0 Å². The van der Waals surface area contributed by atoms with Crippen molar-refractivity contribution in [2.24, 2.45) is 0 Å². The molecule has 2 amide bonds. The third-order valence-corrected chi connectivity index (χ3v) is 10.4. The highest BCUT2D eigenvalue weighted by atomic mass is 16.6. The van der Waals surface area contributed by atoms with E-state index >= 15 is 0 Å². The lowest BCUT2D eigenvalue weighted by atomic mass is 9.95. The SMILES string of the molecule is CC(C)(C)OC(=O)N1CCC[C@H]1c1nc2c([nH]1)CCCc1cc(-c3ccc(-c4cnc([C@@H]5CCCN5C(=O)OCc5ccccc5)[nH]4)cc3)ccc1-2. The summed E-state index contributed by atoms with van der Waals surface area (Å²) in [4.78, 5) is 46.5. The molecule has 52 heavy (non-hydrogen) atoms. The number of aromatic nitrogens is 4. The fourth-order valence-electron chi connectivity index (χ4n) is 7.81. The number of carbonyl (C=O) groups is 2. The first-order valence-corrected chi connectivity index (χ1v) is 18.5. The number of likely N-dealkylation sites (tertiary alicyclic amines) is 2. The Morgan fingerprint density at radius 2 is 1.48 bits per heavy atom. The van der Waals surface area contributed by atoms with Crippen LogP contribution in [0.15, 0.2) is 79.0 Å².